The van der Waals surface area contributed by atoms with Gasteiger partial charge in [0.05, 0.1) is 7.11 Å². The van der Waals surface area contributed by atoms with Crippen LogP contribution in [0.25, 0.3) is 0 Å². The van der Waals surface area contributed by atoms with Gasteiger partial charge in [-0.25, -0.2) is 4.99 Å². The van der Waals surface area contributed by atoms with Crippen molar-refractivity contribution in [2.75, 3.05) is 26.8 Å². The second-order valence-electron chi connectivity index (χ2n) is 5.52. The third-order valence-electron chi connectivity index (χ3n) is 4.13. The van der Waals surface area contributed by atoms with Crippen molar-refractivity contribution in [3.8, 4) is 5.75 Å². The van der Waals surface area contributed by atoms with E-state index >= 15 is 0 Å². The Balaban J connectivity index is 1.61. The number of methoxy groups -OCH3 is 1. The topological polar surface area (TPSA) is 42.9 Å². The second-order valence-corrected chi connectivity index (χ2v) is 5.52. The fourth-order valence-electron chi connectivity index (χ4n) is 2.86. The number of piperidine rings is 1. The predicted molar refractivity (Wildman–Crippen MR) is 79.3 cm³/mol. The van der Waals surface area contributed by atoms with E-state index in [2.05, 4.69) is 17.4 Å². The molecule has 0 aromatic heterocycles. The van der Waals surface area contributed by atoms with E-state index in [4.69, 9.17) is 14.5 Å². The van der Waals surface area contributed by atoms with Gasteiger partial charge in [0.15, 0.2) is 5.90 Å². The number of nitrogens with zero attached hydrogens (tertiary/aromatic N) is 1. The largest absolute Gasteiger partial charge is 0.497 e. The van der Waals surface area contributed by atoms with Crippen LogP contribution >= 0.6 is 0 Å². The molecule has 0 bridgehead atoms. The molecule has 1 aromatic rings. The van der Waals surface area contributed by atoms with Gasteiger partial charge in [-0.3, -0.25) is 0 Å². The Hall–Kier alpha value is -1.55. The van der Waals surface area contributed by atoms with Crippen LogP contribution in [0.15, 0.2) is 29.3 Å². The van der Waals surface area contributed by atoms with Crippen LogP contribution in [-0.2, 0) is 4.74 Å². The minimum Gasteiger partial charge on any atom is -0.497 e. The number of aliphatic imine (C=N–C) groups is 1. The van der Waals surface area contributed by atoms with Crippen molar-refractivity contribution in [2.45, 2.75) is 25.3 Å². The fourth-order valence-corrected chi connectivity index (χ4v) is 2.86. The molecule has 0 saturated carbocycles. The molecule has 1 saturated heterocycles. The number of rotatable bonds is 4. The summed E-state index contributed by atoms with van der Waals surface area (Å²) in [6.07, 6.45) is 3.46. The van der Waals surface area contributed by atoms with Crippen LogP contribution in [0.4, 0.5) is 0 Å². The number of benzene rings is 1. The second kappa shape index (κ2) is 6.27. The smallest absolute Gasteiger partial charge is 0.184 e. The molecule has 3 rings (SSSR count). The molecule has 1 atom stereocenters. The van der Waals surface area contributed by atoms with Gasteiger partial charge in [-0.05, 0) is 49.5 Å². The Kier molecular flexibility index (Phi) is 4.21. The molecular formula is C16H22N2O2. The molecular weight excluding hydrogens is 252 g/mol. The standard InChI is InChI=1S/C16H22N2O2/c1-19-14-4-2-13(3-5-14)15-11-20-16(18-15)10-12-6-8-17-9-7-12/h2-5,12,15,17H,6-11H2,1H3. The number of nitrogens with one attached hydrogen (secondary N) is 1. The van der Waals surface area contributed by atoms with E-state index in [1.165, 1.54) is 18.4 Å². The molecule has 0 aliphatic carbocycles. The third kappa shape index (κ3) is 3.12. The first-order valence-corrected chi connectivity index (χ1v) is 7.39. The zero-order valence-electron chi connectivity index (χ0n) is 12.0. The lowest BCUT2D eigenvalue weighted by molar-refractivity contribution is 0.294. The van der Waals surface area contributed by atoms with E-state index in [-0.39, 0.29) is 6.04 Å². The van der Waals surface area contributed by atoms with Gasteiger partial charge in [0.1, 0.15) is 18.4 Å². The average molecular weight is 274 g/mol. The van der Waals surface area contributed by atoms with Gasteiger partial charge >= 0.3 is 0 Å². The lowest BCUT2D eigenvalue weighted by Crippen LogP contribution is -2.28. The van der Waals surface area contributed by atoms with Crippen molar-refractivity contribution >= 4 is 5.90 Å². The Morgan fingerprint density at radius 1 is 1.25 bits per heavy atom. The van der Waals surface area contributed by atoms with Gasteiger partial charge in [-0.1, -0.05) is 12.1 Å². The molecule has 2 aliphatic rings. The van der Waals surface area contributed by atoms with E-state index in [0.29, 0.717) is 6.61 Å². The third-order valence-corrected chi connectivity index (χ3v) is 4.13. The Bertz CT molecular complexity index is 464. The van der Waals surface area contributed by atoms with Crippen molar-refractivity contribution in [3.63, 3.8) is 0 Å². The minimum atomic E-state index is 0.151. The molecule has 4 nitrogen and oxygen atoms in total. The maximum absolute atomic E-state index is 5.78. The van der Waals surface area contributed by atoms with Crippen LogP contribution in [0.1, 0.15) is 30.9 Å². The van der Waals surface area contributed by atoms with Gasteiger partial charge in [0, 0.05) is 6.42 Å². The highest BCUT2D eigenvalue weighted by atomic mass is 16.5. The summed E-state index contributed by atoms with van der Waals surface area (Å²) < 4.78 is 11.0. The SMILES string of the molecule is COc1ccc(C2COC(CC3CCNCC3)=N2)cc1. The van der Waals surface area contributed by atoms with E-state index < -0.39 is 0 Å². The fraction of sp³-hybridized carbons (Fsp3) is 0.562. The maximum Gasteiger partial charge on any atom is 0.184 e. The first-order chi connectivity index (χ1) is 9.85. The van der Waals surface area contributed by atoms with Gasteiger partial charge < -0.3 is 14.8 Å². The highest BCUT2D eigenvalue weighted by Crippen LogP contribution is 2.27. The summed E-state index contributed by atoms with van der Waals surface area (Å²) in [5.74, 6) is 2.55. The summed E-state index contributed by atoms with van der Waals surface area (Å²) in [6.45, 7) is 2.92. The molecule has 1 N–H and O–H groups in total. The van der Waals surface area contributed by atoms with E-state index in [1.807, 2.05) is 12.1 Å². The molecule has 0 radical (unpaired) electrons. The highest BCUT2D eigenvalue weighted by Gasteiger charge is 2.23. The summed E-state index contributed by atoms with van der Waals surface area (Å²) in [4.78, 5) is 4.74. The normalized spacial score (nSPS) is 23.2. The lowest BCUT2D eigenvalue weighted by atomic mass is 9.95. The molecule has 2 heterocycles. The lowest BCUT2D eigenvalue weighted by Gasteiger charge is -2.21. The Labute approximate surface area is 120 Å². The number of hydrogen-bond acceptors (Lipinski definition) is 4. The molecule has 1 fully saturated rings. The van der Waals surface area contributed by atoms with Crippen molar-refractivity contribution in [2.24, 2.45) is 10.9 Å². The molecule has 2 aliphatic heterocycles. The van der Waals surface area contributed by atoms with Crippen molar-refractivity contribution in [3.05, 3.63) is 29.8 Å². The maximum atomic E-state index is 5.78. The first kappa shape index (κ1) is 13.4. The van der Waals surface area contributed by atoms with Crippen LogP contribution in [0.3, 0.4) is 0 Å². The molecule has 20 heavy (non-hydrogen) atoms. The van der Waals surface area contributed by atoms with E-state index in [9.17, 15) is 0 Å². The molecule has 4 heteroatoms. The first-order valence-electron chi connectivity index (χ1n) is 7.39. The van der Waals surface area contributed by atoms with Crippen LogP contribution in [-0.4, -0.2) is 32.7 Å². The van der Waals surface area contributed by atoms with Crippen LogP contribution < -0.4 is 10.1 Å². The predicted octanol–water partition coefficient (Wildman–Crippen LogP) is 2.55. The monoisotopic (exact) mass is 274 g/mol. The van der Waals surface area contributed by atoms with Gasteiger partial charge in [0.25, 0.3) is 0 Å². The number of hydrogen-bond donors (Lipinski definition) is 1. The highest BCUT2D eigenvalue weighted by molar-refractivity contribution is 5.78. The summed E-state index contributed by atoms with van der Waals surface area (Å²) in [7, 11) is 1.68. The molecule has 0 spiro atoms. The summed E-state index contributed by atoms with van der Waals surface area (Å²) in [5.41, 5.74) is 1.20. The van der Waals surface area contributed by atoms with Crippen LogP contribution in [0.2, 0.25) is 0 Å². The number of ether oxygens (including phenoxy) is 2. The van der Waals surface area contributed by atoms with Gasteiger partial charge in [-0.2, -0.15) is 0 Å². The van der Waals surface area contributed by atoms with Crippen molar-refractivity contribution in [1.82, 2.24) is 5.32 Å². The van der Waals surface area contributed by atoms with E-state index in [0.717, 1.165) is 37.1 Å². The minimum absolute atomic E-state index is 0.151. The molecule has 1 unspecified atom stereocenters. The van der Waals surface area contributed by atoms with Crippen LogP contribution in [0, 0.1) is 5.92 Å². The summed E-state index contributed by atoms with van der Waals surface area (Å²) >= 11 is 0. The van der Waals surface area contributed by atoms with Gasteiger partial charge in [-0.15, -0.1) is 0 Å². The van der Waals surface area contributed by atoms with Gasteiger partial charge in [0.2, 0.25) is 0 Å². The zero-order chi connectivity index (χ0) is 13.8. The molecule has 0 amide bonds. The van der Waals surface area contributed by atoms with Crippen LogP contribution in [0.5, 0.6) is 5.75 Å². The molecule has 108 valence electrons. The van der Waals surface area contributed by atoms with E-state index in [1.54, 1.807) is 7.11 Å². The van der Waals surface area contributed by atoms with Crippen molar-refractivity contribution in [1.29, 1.82) is 0 Å². The Morgan fingerprint density at radius 2 is 2.00 bits per heavy atom. The summed E-state index contributed by atoms with van der Waals surface area (Å²) in [6, 6.07) is 8.26. The quantitative estimate of drug-likeness (QED) is 0.917. The molecule has 1 aromatic carbocycles. The summed E-state index contributed by atoms with van der Waals surface area (Å²) in [5, 5.41) is 3.39. The zero-order valence-corrected chi connectivity index (χ0v) is 12.0. The Morgan fingerprint density at radius 3 is 2.70 bits per heavy atom. The average Bonchev–Trinajstić information content (AvgIpc) is 2.97. The van der Waals surface area contributed by atoms with Crippen molar-refractivity contribution < 1.29 is 9.47 Å².